The number of rotatable bonds is 3. The topological polar surface area (TPSA) is 137 Å². The van der Waals surface area contributed by atoms with Crippen molar-refractivity contribution in [2.24, 2.45) is 0 Å². The molecule has 0 atom stereocenters. The number of nitrogens with zero attached hydrogens (tertiary/aromatic N) is 3. The number of nitrogens with two attached hydrogens (primary N) is 1. The Labute approximate surface area is 99.7 Å². The molecule has 0 aliphatic heterocycles. The second-order valence-corrected chi connectivity index (χ2v) is 3.22. The lowest BCUT2D eigenvalue weighted by molar-refractivity contribution is -0.385. The third kappa shape index (κ3) is 2.24. The Kier molecular flexibility index (Phi) is 2.87. The lowest BCUT2D eigenvalue weighted by Gasteiger charge is -2.03. The first kappa shape index (κ1) is 11.5. The van der Waals surface area contributed by atoms with Gasteiger partial charge in [-0.05, 0) is 0 Å². The van der Waals surface area contributed by atoms with Crippen LogP contribution in [0, 0.1) is 10.1 Å². The van der Waals surface area contributed by atoms with E-state index in [1.807, 2.05) is 0 Å². The van der Waals surface area contributed by atoms with E-state index >= 15 is 0 Å². The van der Waals surface area contributed by atoms with Gasteiger partial charge in [0.25, 0.3) is 11.6 Å². The number of hydrogen-bond acceptors (Lipinski definition) is 7. The second-order valence-electron chi connectivity index (χ2n) is 3.22. The first-order valence-electron chi connectivity index (χ1n) is 4.69. The van der Waals surface area contributed by atoms with Gasteiger partial charge < -0.3 is 15.6 Å². The van der Waals surface area contributed by atoms with E-state index in [0.717, 1.165) is 12.3 Å². The van der Waals surface area contributed by atoms with Gasteiger partial charge in [0.2, 0.25) is 0 Å². The Balaban J connectivity index is 2.29. The quantitative estimate of drug-likeness (QED) is 0.606. The number of amides is 1. The molecule has 0 aliphatic rings. The second kappa shape index (κ2) is 4.49. The molecule has 9 heteroatoms. The number of nitrogen functional groups attached to an aromatic ring is 1. The standard InChI is InChI=1S/C9H7N5O4/c10-8-6(3-5(4-11-8)14(16)17)9(15)12-7-1-2-18-13-7/h1-4H,(H2,10,11)(H,12,13,15). The molecule has 0 spiro atoms. The fraction of sp³-hybridized carbons (Fsp3) is 0. The van der Waals surface area contributed by atoms with Crippen molar-refractivity contribution in [3.63, 3.8) is 0 Å². The van der Waals surface area contributed by atoms with Crippen molar-refractivity contribution >= 4 is 23.2 Å². The smallest absolute Gasteiger partial charge is 0.288 e. The van der Waals surface area contributed by atoms with Crippen molar-refractivity contribution in [1.29, 1.82) is 0 Å². The van der Waals surface area contributed by atoms with E-state index in [-0.39, 0.29) is 22.9 Å². The molecular formula is C9H7N5O4. The highest BCUT2D eigenvalue weighted by molar-refractivity contribution is 6.07. The Morgan fingerprint density at radius 3 is 2.94 bits per heavy atom. The minimum absolute atomic E-state index is 0.104. The number of nitrogens with one attached hydrogen (secondary N) is 1. The third-order valence-corrected chi connectivity index (χ3v) is 2.04. The molecule has 0 fully saturated rings. The first-order valence-corrected chi connectivity index (χ1v) is 4.69. The molecule has 3 N–H and O–H groups in total. The molecule has 0 unspecified atom stereocenters. The van der Waals surface area contributed by atoms with E-state index in [0.29, 0.717) is 0 Å². The van der Waals surface area contributed by atoms with Gasteiger partial charge in [-0.15, -0.1) is 0 Å². The predicted octanol–water partition coefficient (Wildman–Crippen LogP) is 0.812. The van der Waals surface area contributed by atoms with Crippen LogP contribution >= 0.6 is 0 Å². The minimum Gasteiger partial charge on any atom is -0.383 e. The van der Waals surface area contributed by atoms with Crippen LogP contribution in [0.4, 0.5) is 17.3 Å². The first-order chi connectivity index (χ1) is 8.58. The Bertz CT molecular complexity index is 595. The molecule has 2 heterocycles. The monoisotopic (exact) mass is 249 g/mol. The third-order valence-electron chi connectivity index (χ3n) is 2.04. The summed E-state index contributed by atoms with van der Waals surface area (Å²) in [5, 5.41) is 16.4. The average Bonchev–Trinajstić information content (AvgIpc) is 2.81. The maximum Gasteiger partial charge on any atom is 0.288 e. The Hall–Kier alpha value is -2.97. The highest BCUT2D eigenvalue weighted by Gasteiger charge is 2.17. The van der Waals surface area contributed by atoms with Crippen molar-refractivity contribution < 1.29 is 14.2 Å². The fourth-order valence-corrected chi connectivity index (χ4v) is 1.21. The van der Waals surface area contributed by atoms with Gasteiger partial charge >= 0.3 is 0 Å². The zero-order chi connectivity index (χ0) is 13.1. The summed E-state index contributed by atoms with van der Waals surface area (Å²) in [6.07, 6.45) is 2.24. The van der Waals surface area contributed by atoms with Gasteiger partial charge in [-0.2, -0.15) is 0 Å². The van der Waals surface area contributed by atoms with Crippen LogP contribution in [0.15, 0.2) is 29.1 Å². The lowest BCUT2D eigenvalue weighted by Crippen LogP contribution is -2.15. The van der Waals surface area contributed by atoms with Gasteiger partial charge in [-0.3, -0.25) is 14.9 Å². The maximum absolute atomic E-state index is 11.8. The molecule has 2 rings (SSSR count). The summed E-state index contributed by atoms with van der Waals surface area (Å²) in [5.74, 6) is -0.592. The largest absolute Gasteiger partial charge is 0.383 e. The number of carbonyl (C=O) groups is 1. The molecule has 0 saturated carbocycles. The van der Waals surface area contributed by atoms with Crippen molar-refractivity contribution in [1.82, 2.24) is 10.1 Å². The van der Waals surface area contributed by atoms with Crippen LogP contribution in [0.2, 0.25) is 0 Å². The number of nitro groups is 1. The molecule has 0 aromatic carbocycles. The van der Waals surface area contributed by atoms with Crippen LogP contribution in [0.3, 0.4) is 0 Å². The summed E-state index contributed by atoms with van der Waals surface area (Å²) in [7, 11) is 0. The molecule has 18 heavy (non-hydrogen) atoms. The predicted molar refractivity (Wildman–Crippen MR) is 59.8 cm³/mol. The van der Waals surface area contributed by atoms with Crippen LogP contribution < -0.4 is 11.1 Å². The number of hydrogen-bond donors (Lipinski definition) is 2. The van der Waals surface area contributed by atoms with Crippen molar-refractivity contribution in [2.45, 2.75) is 0 Å². The van der Waals surface area contributed by atoms with Gasteiger partial charge in [-0.25, -0.2) is 4.98 Å². The number of anilines is 2. The summed E-state index contributed by atoms with van der Waals surface area (Å²) in [6, 6.07) is 2.45. The van der Waals surface area contributed by atoms with Crippen molar-refractivity contribution in [3.8, 4) is 0 Å². The van der Waals surface area contributed by atoms with Gasteiger partial charge in [0, 0.05) is 12.1 Å². The normalized spacial score (nSPS) is 10.0. The van der Waals surface area contributed by atoms with Gasteiger partial charge in [0.05, 0.1) is 10.5 Å². The van der Waals surface area contributed by atoms with E-state index in [1.165, 1.54) is 12.3 Å². The fourth-order valence-electron chi connectivity index (χ4n) is 1.21. The highest BCUT2D eigenvalue weighted by Crippen LogP contribution is 2.17. The maximum atomic E-state index is 11.8. The molecule has 2 aromatic heterocycles. The number of pyridine rings is 1. The van der Waals surface area contributed by atoms with Crippen molar-refractivity contribution in [2.75, 3.05) is 11.1 Å². The SMILES string of the molecule is Nc1ncc([N+](=O)[O-])cc1C(=O)Nc1ccon1. The van der Waals surface area contributed by atoms with Crippen LogP contribution in [-0.4, -0.2) is 21.0 Å². The van der Waals surface area contributed by atoms with E-state index in [2.05, 4.69) is 20.0 Å². The number of aromatic nitrogens is 2. The summed E-state index contributed by atoms with van der Waals surface area (Å²) >= 11 is 0. The molecule has 2 aromatic rings. The Morgan fingerprint density at radius 1 is 1.56 bits per heavy atom. The molecule has 0 saturated heterocycles. The zero-order valence-electron chi connectivity index (χ0n) is 8.86. The minimum atomic E-state index is -0.667. The van der Waals surface area contributed by atoms with E-state index in [1.54, 1.807) is 0 Å². The molecule has 92 valence electrons. The molecule has 0 bridgehead atoms. The average molecular weight is 249 g/mol. The zero-order valence-corrected chi connectivity index (χ0v) is 8.86. The van der Waals surface area contributed by atoms with E-state index in [9.17, 15) is 14.9 Å². The molecule has 9 nitrogen and oxygen atoms in total. The van der Waals surface area contributed by atoms with Gasteiger partial charge in [0.15, 0.2) is 5.82 Å². The molecule has 0 aliphatic carbocycles. The van der Waals surface area contributed by atoms with Crippen LogP contribution in [0.25, 0.3) is 0 Å². The Morgan fingerprint density at radius 2 is 2.33 bits per heavy atom. The van der Waals surface area contributed by atoms with Crippen LogP contribution in [0.5, 0.6) is 0 Å². The lowest BCUT2D eigenvalue weighted by atomic mass is 10.2. The van der Waals surface area contributed by atoms with Gasteiger partial charge in [-0.1, -0.05) is 5.16 Å². The van der Waals surface area contributed by atoms with E-state index in [4.69, 9.17) is 5.73 Å². The van der Waals surface area contributed by atoms with Crippen molar-refractivity contribution in [3.05, 3.63) is 40.3 Å². The highest BCUT2D eigenvalue weighted by atomic mass is 16.6. The summed E-state index contributed by atoms with van der Waals surface area (Å²) in [4.78, 5) is 25.3. The summed E-state index contributed by atoms with van der Waals surface area (Å²) in [5.41, 5.74) is 5.05. The molecule has 1 amide bonds. The van der Waals surface area contributed by atoms with Gasteiger partial charge in [0.1, 0.15) is 18.3 Å². The van der Waals surface area contributed by atoms with Crippen LogP contribution in [-0.2, 0) is 0 Å². The summed E-state index contributed by atoms with van der Waals surface area (Å²) < 4.78 is 4.52. The van der Waals surface area contributed by atoms with Crippen LogP contribution in [0.1, 0.15) is 10.4 Å². The number of carbonyl (C=O) groups excluding carboxylic acids is 1. The molecular weight excluding hydrogens is 242 g/mol. The summed E-state index contributed by atoms with van der Waals surface area (Å²) in [6.45, 7) is 0. The molecule has 0 radical (unpaired) electrons. The van der Waals surface area contributed by atoms with E-state index < -0.39 is 10.8 Å².